The lowest BCUT2D eigenvalue weighted by molar-refractivity contribution is -0.126. The summed E-state index contributed by atoms with van der Waals surface area (Å²) < 4.78 is 0. The molecular weight excluding hydrogens is 212 g/mol. The van der Waals surface area contributed by atoms with Crippen molar-refractivity contribution in [3.05, 3.63) is 0 Å². The van der Waals surface area contributed by atoms with Crippen molar-refractivity contribution in [3.8, 4) is 0 Å². The smallest absolute Gasteiger partial charge is 0.224 e. The molecule has 1 aliphatic carbocycles. The van der Waals surface area contributed by atoms with Crippen LogP contribution in [0, 0.1) is 11.8 Å². The number of nitrogens with one attached hydrogen (secondary N) is 2. The highest BCUT2D eigenvalue weighted by Gasteiger charge is 2.31. The van der Waals surface area contributed by atoms with E-state index in [0.717, 1.165) is 13.0 Å². The van der Waals surface area contributed by atoms with Gasteiger partial charge in [0.1, 0.15) is 0 Å². The topological polar surface area (TPSA) is 41.1 Å². The highest BCUT2D eigenvalue weighted by molar-refractivity contribution is 5.80. The molecule has 1 amide bonds. The van der Waals surface area contributed by atoms with E-state index in [0.29, 0.717) is 18.0 Å². The third-order valence-electron chi connectivity index (χ3n) is 4.59. The number of hydrogen-bond donors (Lipinski definition) is 2. The molecule has 0 radical (unpaired) electrons. The van der Waals surface area contributed by atoms with Gasteiger partial charge in [-0.25, -0.2) is 0 Å². The fourth-order valence-corrected chi connectivity index (χ4v) is 3.30. The van der Waals surface area contributed by atoms with Crippen LogP contribution in [0.3, 0.4) is 0 Å². The zero-order valence-electron chi connectivity index (χ0n) is 11.2. The van der Waals surface area contributed by atoms with Crippen LogP contribution in [0.2, 0.25) is 0 Å². The standard InChI is InChI=1S/C14H26N2O/c1-10(12-6-4-3-5-7-12)16-14(17)13-8-9-15-11(13)2/h10-13,15H,3-9H2,1-2H3,(H,16,17)/t10-,11?,13?/m1/s1. The van der Waals surface area contributed by atoms with Crippen molar-refractivity contribution in [1.82, 2.24) is 10.6 Å². The van der Waals surface area contributed by atoms with Gasteiger partial charge in [0, 0.05) is 12.1 Å². The first-order valence-electron chi connectivity index (χ1n) is 7.22. The van der Waals surface area contributed by atoms with Crippen molar-refractivity contribution < 1.29 is 4.79 Å². The van der Waals surface area contributed by atoms with Gasteiger partial charge >= 0.3 is 0 Å². The van der Waals surface area contributed by atoms with Crippen LogP contribution >= 0.6 is 0 Å². The van der Waals surface area contributed by atoms with E-state index in [9.17, 15) is 4.79 Å². The molecule has 0 aromatic heterocycles. The molecule has 17 heavy (non-hydrogen) atoms. The highest BCUT2D eigenvalue weighted by Crippen LogP contribution is 2.26. The molecule has 2 aliphatic rings. The zero-order valence-corrected chi connectivity index (χ0v) is 11.2. The van der Waals surface area contributed by atoms with Crippen LogP contribution in [-0.4, -0.2) is 24.5 Å². The highest BCUT2D eigenvalue weighted by atomic mass is 16.2. The van der Waals surface area contributed by atoms with Crippen molar-refractivity contribution in [2.45, 2.75) is 64.5 Å². The van der Waals surface area contributed by atoms with Gasteiger partial charge in [-0.15, -0.1) is 0 Å². The molecule has 1 aliphatic heterocycles. The van der Waals surface area contributed by atoms with Gasteiger partial charge in [0.05, 0.1) is 5.92 Å². The minimum atomic E-state index is 0.182. The maximum absolute atomic E-state index is 12.2. The van der Waals surface area contributed by atoms with Crippen molar-refractivity contribution in [3.63, 3.8) is 0 Å². The van der Waals surface area contributed by atoms with Gasteiger partial charge in [0.2, 0.25) is 5.91 Å². The second-order valence-electron chi connectivity index (χ2n) is 5.83. The molecule has 3 atom stereocenters. The Morgan fingerprint density at radius 3 is 2.53 bits per heavy atom. The largest absolute Gasteiger partial charge is 0.353 e. The fraction of sp³-hybridized carbons (Fsp3) is 0.929. The van der Waals surface area contributed by atoms with Gasteiger partial charge < -0.3 is 10.6 Å². The van der Waals surface area contributed by atoms with Crippen molar-refractivity contribution >= 4 is 5.91 Å². The molecular formula is C14H26N2O. The average molecular weight is 238 g/mol. The first kappa shape index (κ1) is 12.9. The van der Waals surface area contributed by atoms with Gasteiger partial charge in [-0.2, -0.15) is 0 Å². The summed E-state index contributed by atoms with van der Waals surface area (Å²) in [6, 6.07) is 0.698. The Morgan fingerprint density at radius 1 is 1.24 bits per heavy atom. The lowest BCUT2D eigenvalue weighted by atomic mass is 9.84. The van der Waals surface area contributed by atoms with Gasteiger partial charge in [0.15, 0.2) is 0 Å². The third kappa shape index (κ3) is 3.21. The molecule has 3 nitrogen and oxygen atoms in total. The van der Waals surface area contributed by atoms with E-state index in [2.05, 4.69) is 24.5 Å². The molecule has 2 rings (SSSR count). The molecule has 0 spiro atoms. The van der Waals surface area contributed by atoms with Crippen LogP contribution in [0.5, 0.6) is 0 Å². The molecule has 2 fully saturated rings. The molecule has 0 aromatic carbocycles. The van der Waals surface area contributed by atoms with E-state index in [1.165, 1.54) is 32.1 Å². The predicted molar refractivity (Wildman–Crippen MR) is 69.8 cm³/mol. The molecule has 1 saturated heterocycles. The van der Waals surface area contributed by atoms with Crippen LogP contribution < -0.4 is 10.6 Å². The SMILES string of the molecule is CC1NCCC1C(=O)N[C@H](C)C1CCCCC1. The monoisotopic (exact) mass is 238 g/mol. The molecule has 2 unspecified atom stereocenters. The molecule has 3 heteroatoms. The van der Waals surface area contributed by atoms with E-state index in [1.54, 1.807) is 0 Å². The molecule has 1 saturated carbocycles. The van der Waals surface area contributed by atoms with Crippen molar-refractivity contribution in [1.29, 1.82) is 0 Å². The summed E-state index contributed by atoms with van der Waals surface area (Å²) >= 11 is 0. The summed E-state index contributed by atoms with van der Waals surface area (Å²) in [6.07, 6.45) is 7.63. The number of carbonyl (C=O) groups is 1. The van der Waals surface area contributed by atoms with E-state index in [1.807, 2.05) is 0 Å². The van der Waals surface area contributed by atoms with Gasteiger partial charge in [-0.05, 0) is 45.6 Å². The number of carbonyl (C=O) groups excluding carboxylic acids is 1. The van der Waals surface area contributed by atoms with Gasteiger partial charge in [-0.3, -0.25) is 4.79 Å². The van der Waals surface area contributed by atoms with Crippen molar-refractivity contribution in [2.75, 3.05) is 6.54 Å². The summed E-state index contributed by atoms with van der Waals surface area (Å²) in [7, 11) is 0. The summed E-state index contributed by atoms with van der Waals surface area (Å²) in [5.41, 5.74) is 0. The Hall–Kier alpha value is -0.570. The first-order valence-corrected chi connectivity index (χ1v) is 7.22. The minimum absolute atomic E-state index is 0.182. The summed E-state index contributed by atoms with van der Waals surface area (Å²) in [5.74, 6) is 1.15. The van der Waals surface area contributed by atoms with Crippen molar-refractivity contribution in [2.24, 2.45) is 11.8 Å². The molecule has 2 N–H and O–H groups in total. The summed E-state index contributed by atoms with van der Waals surface area (Å²) in [5, 5.41) is 6.59. The maximum Gasteiger partial charge on any atom is 0.224 e. The molecule has 0 bridgehead atoms. The number of amides is 1. The van der Waals surface area contributed by atoms with Gasteiger partial charge in [-0.1, -0.05) is 19.3 Å². The fourth-order valence-electron chi connectivity index (χ4n) is 3.30. The van der Waals surface area contributed by atoms with Gasteiger partial charge in [0.25, 0.3) is 0 Å². The lowest BCUT2D eigenvalue weighted by Crippen LogP contribution is -2.44. The van der Waals surface area contributed by atoms with Crippen LogP contribution in [0.4, 0.5) is 0 Å². The lowest BCUT2D eigenvalue weighted by Gasteiger charge is -2.29. The van der Waals surface area contributed by atoms with E-state index < -0.39 is 0 Å². The second kappa shape index (κ2) is 5.85. The van der Waals surface area contributed by atoms with E-state index in [-0.39, 0.29) is 11.8 Å². The maximum atomic E-state index is 12.2. The zero-order chi connectivity index (χ0) is 12.3. The number of rotatable bonds is 3. The second-order valence-corrected chi connectivity index (χ2v) is 5.83. The van der Waals surface area contributed by atoms with Crippen LogP contribution in [0.25, 0.3) is 0 Å². The number of hydrogen-bond acceptors (Lipinski definition) is 2. The third-order valence-corrected chi connectivity index (χ3v) is 4.59. The Kier molecular flexibility index (Phi) is 4.43. The molecule has 98 valence electrons. The van der Waals surface area contributed by atoms with E-state index in [4.69, 9.17) is 0 Å². The van der Waals surface area contributed by atoms with Crippen LogP contribution in [0.15, 0.2) is 0 Å². The average Bonchev–Trinajstić information content (AvgIpc) is 2.76. The van der Waals surface area contributed by atoms with E-state index >= 15 is 0 Å². The first-order chi connectivity index (χ1) is 8.18. The van der Waals surface area contributed by atoms with Crippen LogP contribution in [0.1, 0.15) is 52.4 Å². The Bertz CT molecular complexity index is 261. The Balaban J connectivity index is 1.80. The quantitative estimate of drug-likeness (QED) is 0.790. The Morgan fingerprint density at radius 2 is 1.94 bits per heavy atom. The van der Waals surface area contributed by atoms with Crippen LogP contribution in [-0.2, 0) is 4.79 Å². The summed E-state index contributed by atoms with van der Waals surface area (Å²) in [4.78, 5) is 12.2. The molecule has 1 heterocycles. The summed E-state index contributed by atoms with van der Waals surface area (Å²) in [6.45, 7) is 5.28. The normalized spacial score (nSPS) is 32.4. The minimum Gasteiger partial charge on any atom is -0.353 e. The Labute approximate surface area is 105 Å². The predicted octanol–water partition coefficient (Wildman–Crippen LogP) is 2.07. The molecule has 0 aromatic rings.